The molecule has 6 heteroatoms. The molecule has 18 heavy (non-hydrogen) atoms. The Labute approximate surface area is 108 Å². The van der Waals surface area contributed by atoms with Crippen molar-refractivity contribution >= 4 is 12.0 Å². The summed E-state index contributed by atoms with van der Waals surface area (Å²) in [6, 6.07) is -0.391. The van der Waals surface area contributed by atoms with Gasteiger partial charge in [0.2, 0.25) is 0 Å². The van der Waals surface area contributed by atoms with Crippen LogP contribution in [0.2, 0.25) is 0 Å². The highest BCUT2D eigenvalue weighted by molar-refractivity contribution is 5.80. The quantitative estimate of drug-likeness (QED) is 0.706. The molecule has 0 unspecified atom stereocenters. The molecule has 2 N–H and O–H groups in total. The molecule has 0 radical (unpaired) electrons. The highest BCUT2D eigenvalue weighted by atomic mass is 16.5. The van der Waals surface area contributed by atoms with E-state index in [9.17, 15) is 9.59 Å². The van der Waals surface area contributed by atoms with Gasteiger partial charge < -0.3 is 20.1 Å². The van der Waals surface area contributed by atoms with Crippen LogP contribution in [0.5, 0.6) is 0 Å². The summed E-state index contributed by atoms with van der Waals surface area (Å²) in [4.78, 5) is 23.9. The normalized spacial score (nSPS) is 11.4. The lowest BCUT2D eigenvalue weighted by Crippen LogP contribution is -2.52. The van der Waals surface area contributed by atoms with Gasteiger partial charge in [-0.05, 0) is 34.6 Å². The molecule has 2 amide bonds. The van der Waals surface area contributed by atoms with E-state index in [-0.39, 0.29) is 12.6 Å². The third kappa shape index (κ3) is 7.11. The second kappa shape index (κ2) is 7.20. The van der Waals surface area contributed by atoms with E-state index in [2.05, 4.69) is 5.32 Å². The number of aliphatic carboxylic acids is 1. The SMILES string of the molecule is CC(C)OCCNC(=O)N(CC(=O)O)C(C)(C)C. The van der Waals surface area contributed by atoms with E-state index in [1.807, 2.05) is 13.8 Å². The van der Waals surface area contributed by atoms with Crippen molar-refractivity contribution in [2.75, 3.05) is 19.7 Å². The van der Waals surface area contributed by atoms with Gasteiger partial charge in [-0.3, -0.25) is 4.79 Å². The number of carbonyl (C=O) groups excluding carboxylic acids is 1. The highest BCUT2D eigenvalue weighted by Gasteiger charge is 2.28. The average molecular weight is 260 g/mol. The highest BCUT2D eigenvalue weighted by Crippen LogP contribution is 2.12. The van der Waals surface area contributed by atoms with Gasteiger partial charge >= 0.3 is 12.0 Å². The summed E-state index contributed by atoms with van der Waals surface area (Å²) in [5.41, 5.74) is -0.540. The van der Waals surface area contributed by atoms with Crippen molar-refractivity contribution in [2.45, 2.75) is 46.3 Å². The lowest BCUT2D eigenvalue weighted by Gasteiger charge is -2.34. The molecule has 106 valence electrons. The molecule has 0 aromatic rings. The van der Waals surface area contributed by atoms with Crippen LogP contribution in [0.1, 0.15) is 34.6 Å². The van der Waals surface area contributed by atoms with E-state index in [0.29, 0.717) is 13.2 Å². The third-order valence-electron chi connectivity index (χ3n) is 2.18. The summed E-state index contributed by atoms with van der Waals surface area (Å²) in [5.74, 6) is -1.03. The molecule has 0 atom stereocenters. The molecular weight excluding hydrogens is 236 g/mol. The van der Waals surface area contributed by atoms with Crippen LogP contribution in [0.15, 0.2) is 0 Å². The average Bonchev–Trinajstić information content (AvgIpc) is 2.18. The standard InChI is InChI=1S/C12H24N2O4/c1-9(2)18-7-6-13-11(17)14(8-10(15)16)12(3,4)5/h9H,6-8H2,1-5H3,(H,13,17)(H,15,16). The topological polar surface area (TPSA) is 78.9 Å². The number of ether oxygens (including phenoxy) is 1. The first-order valence-electron chi connectivity index (χ1n) is 6.03. The molecule has 0 aliphatic heterocycles. The summed E-state index contributed by atoms with van der Waals surface area (Å²) in [5, 5.41) is 11.4. The molecule has 0 rings (SSSR count). The molecule has 0 saturated heterocycles. The van der Waals surface area contributed by atoms with Gasteiger partial charge in [-0.1, -0.05) is 0 Å². The Morgan fingerprint density at radius 2 is 1.89 bits per heavy atom. The summed E-state index contributed by atoms with van der Waals surface area (Å²) in [6.07, 6.45) is 0.111. The summed E-state index contributed by atoms with van der Waals surface area (Å²) in [6.45, 7) is 9.65. The van der Waals surface area contributed by atoms with Crippen molar-refractivity contribution in [1.82, 2.24) is 10.2 Å². The maximum Gasteiger partial charge on any atom is 0.323 e. The zero-order chi connectivity index (χ0) is 14.3. The zero-order valence-corrected chi connectivity index (χ0v) is 11.8. The monoisotopic (exact) mass is 260 g/mol. The fourth-order valence-corrected chi connectivity index (χ4v) is 1.30. The molecule has 0 spiro atoms. The van der Waals surface area contributed by atoms with Crippen molar-refractivity contribution in [2.24, 2.45) is 0 Å². The summed E-state index contributed by atoms with van der Waals surface area (Å²) >= 11 is 0. The molecule has 0 aromatic heterocycles. The molecule has 0 fully saturated rings. The van der Waals surface area contributed by atoms with Crippen molar-refractivity contribution in [1.29, 1.82) is 0 Å². The third-order valence-corrected chi connectivity index (χ3v) is 2.18. The molecule has 0 bridgehead atoms. The fourth-order valence-electron chi connectivity index (χ4n) is 1.30. The Bertz CT molecular complexity index is 284. The zero-order valence-electron chi connectivity index (χ0n) is 11.8. The van der Waals surface area contributed by atoms with Crippen LogP contribution in [0.3, 0.4) is 0 Å². The number of hydrogen-bond acceptors (Lipinski definition) is 3. The maximum absolute atomic E-state index is 11.9. The largest absolute Gasteiger partial charge is 0.480 e. The number of carbonyl (C=O) groups is 2. The molecule has 0 saturated carbocycles. The molecule has 0 aromatic carbocycles. The van der Waals surface area contributed by atoms with E-state index in [1.165, 1.54) is 4.90 Å². The predicted octanol–water partition coefficient (Wildman–Crippen LogP) is 1.31. The van der Waals surface area contributed by atoms with Crippen molar-refractivity contribution in [3.63, 3.8) is 0 Å². The molecule has 0 aliphatic rings. The van der Waals surface area contributed by atoms with E-state index >= 15 is 0 Å². The second-order valence-corrected chi connectivity index (χ2v) is 5.30. The van der Waals surface area contributed by atoms with Crippen LogP contribution < -0.4 is 5.32 Å². The van der Waals surface area contributed by atoms with Crippen LogP contribution in [0.25, 0.3) is 0 Å². The van der Waals surface area contributed by atoms with Crippen LogP contribution in [0.4, 0.5) is 4.79 Å². The van der Waals surface area contributed by atoms with Gasteiger partial charge in [-0.15, -0.1) is 0 Å². The minimum atomic E-state index is -1.03. The first-order valence-corrected chi connectivity index (χ1v) is 6.03. The molecule has 0 heterocycles. The maximum atomic E-state index is 11.9. The number of carboxylic acids is 1. The number of rotatable bonds is 6. The number of carboxylic acid groups (broad SMARTS) is 1. The van der Waals surface area contributed by atoms with Gasteiger partial charge in [-0.25, -0.2) is 4.79 Å². The van der Waals surface area contributed by atoms with Crippen molar-refractivity contribution in [3.05, 3.63) is 0 Å². The van der Waals surface area contributed by atoms with Crippen LogP contribution in [-0.2, 0) is 9.53 Å². The Morgan fingerprint density at radius 1 is 1.33 bits per heavy atom. The number of nitrogens with zero attached hydrogens (tertiary/aromatic N) is 1. The molecule has 0 aliphatic carbocycles. The predicted molar refractivity (Wildman–Crippen MR) is 68.6 cm³/mol. The minimum Gasteiger partial charge on any atom is -0.480 e. The number of urea groups is 1. The number of nitrogens with one attached hydrogen (secondary N) is 1. The van der Waals surface area contributed by atoms with Gasteiger partial charge in [0.05, 0.1) is 12.7 Å². The summed E-state index contributed by atoms with van der Waals surface area (Å²) in [7, 11) is 0. The van der Waals surface area contributed by atoms with Crippen LogP contribution >= 0.6 is 0 Å². The van der Waals surface area contributed by atoms with Gasteiger partial charge in [0.25, 0.3) is 0 Å². The second-order valence-electron chi connectivity index (χ2n) is 5.30. The minimum absolute atomic E-state index is 0.111. The smallest absolute Gasteiger partial charge is 0.323 e. The first kappa shape index (κ1) is 16.7. The van der Waals surface area contributed by atoms with Gasteiger partial charge in [0.15, 0.2) is 0 Å². The van der Waals surface area contributed by atoms with E-state index in [0.717, 1.165) is 0 Å². The van der Waals surface area contributed by atoms with Crippen LogP contribution in [0, 0.1) is 0 Å². The first-order chi connectivity index (χ1) is 8.14. The molecular formula is C12H24N2O4. The lowest BCUT2D eigenvalue weighted by molar-refractivity contribution is -0.138. The van der Waals surface area contributed by atoms with E-state index in [4.69, 9.17) is 9.84 Å². The number of amides is 2. The van der Waals surface area contributed by atoms with E-state index < -0.39 is 17.5 Å². The van der Waals surface area contributed by atoms with Crippen molar-refractivity contribution in [3.8, 4) is 0 Å². The Hall–Kier alpha value is -1.30. The fraction of sp³-hybridized carbons (Fsp3) is 0.833. The Balaban J connectivity index is 4.27. The Morgan fingerprint density at radius 3 is 2.28 bits per heavy atom. The Kier molecular flexibility index (Phi) is 6.68. The van der Waals surface area contributed by atoms with Gasteiger partial charge in [-0.2, -0.15) is 0 Å². The number of hydrogen-bond donors (Lipinski definition) is 2. The van der Waals surface area contributed by atoms with Crippen LogP contribution in [-0.4, -0.2) is 53.3 Å². The molecule has 6 nitrogen and oxygen atoms in total. The van der Waals surface area contributed by atoms with Gasteiger partial charge in [0.1, 0.15) is 6.54 Å². The van der Waals surface area contributed by atoms with Gasteiger partial charge in [0, 0.05) is 12.1 Å². The van der Waals surface area contributed by atoms with Crippen molar-refractivity contribution < 1.29 is 19.4 Å². The van der Waals surface area contributed by atoms with E-state index in [1.54, 1.807) is 20.8 Å². The lowest BCUT2D eigenvalue weighted by atomic mass is 10.1. The summed E-state index contributed by atoms with van der Waals surface area (Å²) < 4.78 is 5.29.